The van der Waals surface area contributed by atoms with E-state index in [4.69, 9.17) is 0 Å². The lowest BCUT2D eigenvalue weighted by atomic mass is 9.84. The molecule has 0 aromatic heterocycles. The van der Waals surface area contributed by atoms with Crippen molar-refractivity contribution in [3.8, 4) is 0 Å². The molecule has 0 aliphatic carbocycles. The predicted octanol–water partition coefficient (Wildman–Crippen LogP) is 4.84. The monoisotopic (exact) mass is 244 g/mol. The van der Waals surface area contributed by atoms with Gasteiger partial charge in [-0.25, -0.2) is 0 Å². The van der Waals surface area contributed by atoms with Gasteiger partial charge in [-0.15, -0.1) is 0 Å². The quantitative estimate of drug-likeness (QED) is 0.495. The zero-order chi connectivity index (χ0) is 13.4. The van der Waals surface area contributed by atoms with Crippen LogP contribution in [0.4, 0.5) is 0 Å². The van der Waals surface area contributed by atoms with E-state index in [0.29, 0.717) is 18.3 Å². The smallest absolute Gasteiger partial charge is 0.120 e. The van der Waals surface area contributed by atoms with Crippen LogP contribution in [0.2, 0.25) is 0 Å². The van der Waals surface area contributed by atoms with Crippen molar-refractivity contribution < 1.29 is 4.79 Å². The Morgan fingerprint density at radius 2 is 1.83 bits per heavy atom. The summed E-state index contributed by atoms with van der Waals surface area (Å²) in [6, 6.07) is 8.63. The molecule has 0 aliphatic heterocycles. The van der Waals surface area contributed by atoms with Crippen molar-refractivity contribution in [3.05, 3.63) is 47.5 Å². The van der Waals surface area contributed by atoms with Gasteiger partial charge in [0.1, 0.15) is 6.29 Å². The molecular formula is C17H24O. The second kappa shape index (κ2) is 7.86. The van der Waals surface area contributed by atoms with E-state index in [0.717, 1.165) is 19.1 Å². The first-order valence-corrected chi connectivity index (χ1v) is 6.84. The normalized spacial score (nSPS) is 13.1. The van der Waals surface area contributed by atoms with Gasteiger partial charge in [-0.3, -0.25) is 0 Å². The van der Waals surface area contributed by atoms with Crippen molar-refractivity contribution in [1.82, 2.24) is 0 Å². The van der Waals surface area contributed by atoms with E-state index < -0.39 is 0 Å². The minimum atomic E-state index is 0.463. The van der Waals surface area contributed by atoms with Gasteiger partial charge in [-0.1, -0.05) is 50.3 Å². The summed E-state index contributed by atoms with van der Waals surface area (Å²) in [5, 5.41) is 0. The van der Waals surface area contributed by atoms with Crippen LogP contribution in [0.15, 0.2) is 36.4 Å². The van der Waals surface area contributed by atoms with E-state index in [1.165, 1.54) is 11.1 Å². The average molecular weight is 244 g/mol. The number of carbonyl (C=O) groups excluding carboxylic acids is 1. The predicted molar refractivity (Wildman–Crippen MR) is 78.0 cm³/mol. The molecule has 0 bridgehead atoms. The second-order valence-electron chi connectivity index (χ2n) is 5.03. The van der Waals surface area contributed by atoms with Crippen molar-refractivity contribution in [1.29, 1.82) is 0 Å². The first-order valence-electron chi connectivity index (χ1n) is 6.84. The number of aldehydes is 1. The number of benzene rings is 1. The summed E-state index contributed by atoms with van der Waals surface area (Å²) in [7, 11) is 0. The highest BCUT2D eigenvalue weighted by molar-refractivity contribution is 5.49. The summed E-state index contributed by atoms with van der Waals surface area (Å²) < 4.78 is 0. The van der Waals surface area contributed by atoms with Gasteiger partial charge >= 0.3 is 0 Å². The minimum Gasteiger partial charge on any atom is -0.303 e. The van der Waals surface area contributed by atoms with Crippen LogP contribution < -0.4 is 0 Å². The van der Waals surface area contributed by atoms with Crippen molar-refractivity contribution >= 4 is 6.29 Å². The zero-order valence-electron chi connectivity index (χ0n) is 11.7. The van der Waals surface area contributed by atoms with Gasteiger partial charge in [-0.05, 0) is 42.7 Å². The zero-order valence-corrected chi connectivity index (χ0v) is 11.7. The maximum atomic E-state index is 10.6. The topological polar surface area (TPSA) is 17.1 Å². The highest BCUT2D eigenvalue weighted by Crippen LogP contribution is 2.31. The third-order valence-corrected chi connectivity index (χ3v) is 3.35. The molecule has 1 aromatic carbocycles. The van der Waals surface area contributed by atoms with Crippen LogP contribution in [-0.2, 0) is 4.79 Å². The third-order valence-electron chi connectivity index (χ3n) is 3.35. The van der Waals surface area contributed by atoms with E-state index >= 15 is 0 Å². The number of hydrogen-bond acceptors (Lipinski definition) is 1. The Balaban J connectivity index is 2.98. The van der Waals surface area contributed by atoms with Crippen molar-refractivity contribution in [2.75, 3.05) is 0 Å². The molecule has 1 atom stereocenters. The first-order chi connectivity index (χ1) is 8.70. The Kier molecular flexibility index (Phi) is 6.42. The first kappa shape index (κ1) is 14.7. The number of carbonyl (C=O) groups is 1. The van der Waals surface area contributed by atoms with Crippen LogP contribution in [-0.4, -0.2) is 6.29 Å². The molecule has 0 saturated carbocycles. The van der Waals surface area contributed by atoms with Crippen LogP contribution in [0, 0.1) is 0 Å². The van der Waals surface area contributed by atoms with Gasteiger partial charge in [0.2, 0.25) is 0 Å². The fourth-order valence-electron chi connectivity index (χ4n) is 2.38. The Hall–Kier alpha value is -1.37. The Morgan fingerprint density at radius 3 is 2.39 bits per heavy atom. The fraction of sp³-hybridized carbons (Fsp3) is 0.471. The lowest BCUT2D eigenvalue weighted by Gasteiger charge is -2.20. The summed E-state index contributed by atoms with van der Waals surface area (Å²) in [6.45, 7) is 6.50. The van der Waals surface area contributed by atoms with Crippen LogP contribution >= 0.6 is 0 Å². The molecule has 1 nitrogen and oxygen atoms in total. The maximum absolute atomic E-state index is 10.6. The fourth-order valence-corrected chi connectivity index (χ4v) is 2.38. The maximum Gasteiger partial charge on any atom is 0.120 e. The van der Waals surface area contributed by atoms with Crippen LogP contribution in [0.3, 0.4) is 0 Å². The van der Waals surface area contributed by atoms with E-state index in [2.05, 4.69) is 50.3 Å². The summed E-state index contributed by atoms with van der Waals surface area (Å²) in [6.07, 6.45) is 7.93. The molecule has 1 rings (SSSR count). The molecule has 0 radical (unpaired) electrons. The van der Waals surface area contributed by atoms with E-state index in [-0.39, 0.29) is 0 Å². The van der Waals surface area contributed by atoms with Crippen LogP contribution in [0.1, 0.15) is 63.0 Å². The second-order valence-corrected chi connectivity index (χ2v) is 5.03. The molecule has 0 saturated heterocycles. The van der Waals surface area contributed by atoms with Crippen molar-refractivity contribution in [2.45, 2.75) is 51.9 Å². The third kappa shape index (κ3) is 4.14. The molecule has 1 aromatic rings. The van der Waals surface area contributed by atoms with Gasteiger partial charge in [0, 0.05) is 6.42 Å². The van der Waals surface area contributed by atoms with Gasteiger partial charge in [0.15, 0.2) is 0 Å². The number of rotatable bonds is 7. The Bertz CT molecular complexity index is 390. The average Bonchev–Trinajstić information content (AvgIpc) is 2.39. The highest BCUT2D eigenvalue weighted by atomic mass is 16.1. The Morgan fingerprint density at radius 1 is 1.17 bits per heavy atom. The molecule has 0 fully saturated rings. The molecule has 18 heavy (non-hydrogen) atoms. The lowest BCUT2D eigenvalue weighted by molar-refractivity contribution is -0.108. The molecule has 1 heteroatoms. The number of hydrogen-bond donors (Lipinski definition) is 0. The lowest BCUT2D eigenvalue weighted by Crippen LogP contribution is -2.04. The summed E-state index contributed by atoms with van der Waals surface area (Å²) >= 11 is 0. The summed E-state index contributed by atoms with van der Waals surface area (Å²) in [5.74, 6) is 0.996. The minimum absolute atomic E-state index is 0.463. The molecule has 1 unspecified atom stereocenters. The molecule has 0 amide bonds. The van der Waals surface area contributed by atoms with E-state index in [1.807, 2.05) is 6.92 Å². The van der Waals surface area contributed by atoms with Crippen LogP contribution in [0.25, 0.3) is 0 Å². The standard InChI is InChI=1S/C17H24O/c1-4-5-9-15(10-8-13-18)17-12-7-6-11-16(17)14(2)3/h4-7,11-15H,8-10H2,1-3H3/b5-4+. The van der Waals surface area contributed by atoms with Gasteiger partial charge in [-0.2, -0.15) is 0 Å². The van der Waals surface area contributed by atoms with Crippen LogP contribution in [0.5, 0.6) is 0 Å². The van der Waals surface area contributed by atoms with Gasteiger partial charge < -0.3 is 4.79 Å². The van der Waals surface area contributed by atoms with Crippen molar-refractivity contribution in [3.63, 3.8) is 0 Å². The van der Waals surface area contributed by atoms with Gasteiger partial charge in [0.05, 0.1) is 0 Å². The Labute approximate surface area is 111 Å². The molecule has 0 aliphatic rings. The highest BCUT2D eigenvalue weighted by Gasteiger charge is 2.15. The summed E-state index contributed by atoms with van der Waals surface area (Å²) in [4.78, 5) is 10.6. The van der Waals surface area contributed by atoms with Crippen molar-refractivity contribution in [2.24, 2.45) is 0 Å². The summed E-state index contributed by atoms with van der Waals surface area (Å²) in [5.41, 5.74) is 2.82. The SMILES string of the molecule is C/C=C/CC(CCC=O)c1ccccc1C(C)C. The molecule has 0 heterocycles. The molecule has 0 N–H and O–H groups in total. The number of allylic oxidation sites excluding steroid dienone is 2. The van der Waals surface area contributed by atoms with E-state index in [1.54, 1.807) is 0 Å². The molecule has 0 spiro atoms. The van der Waals surface area contributed by atoms with Gasteiger partial charge in [0.25, 0.3) is 0 Å². The largest absolute Gasteiger partial charge is 0.303 e. The molecular weight excluding hydrogens is 220 g/mol. The van der Waals surface area contributed by atoms with E-state index in [9.17, 15) is 4.79 Å². The molecule has 98 valence electrons.